The molecule has 0 amide bonds. The molecule has 9 atom stereocenters. The van der Waals surface area contributed by atoms with E-state index in [9.17, 15) is 19.8 Å². The Morgan fingerprint density at radius 3 is 2.58 bits per heavy atom. The summed E-state index contributed by atoms with van der Waals surface area (Å²) >= 11 is 0. The second-order valence-corrected chi connectivity index (χ2v) is 11.1. The fraction of sp³-hybridized carbons (Fsp3) is 0.778. The van der Waals surface area contributed by atoms with Crippen molar-refractivity contribution < 1.29 is 29.3 Å². The summed E-state index contributed by atoms with van der Waals surface area (Å²) in [6.07, 6.45) is 7.25. The Morgan fingerprint density at radius 1 is 1.27 bits per heavy atom. The Kier molecular flexibility index (Phi) is 8.11. The van der Waals surface area contributed by atoms with Crippen LogP contribution in [0.1, 0.15) is 73.6 Å². The first-order valence-corrected chi connectivity index (χ1v) is 12.6. The highest BCUT2D eigenvalue weighted by molar-refractivity contribution is 5.76. The third-order valence-electron chi connectivity index (χ3n) is 8.20. The van der Waals surface area contributed by atoms with Crippen molar-refractivity contribution >= 4 is 11.9 Å². The van der Waals surface area contributed by atoms with E-state index in [1.807, 2.05) is 20.8 Å². The molecule has 186 valence electrons. The van der Waals surface area contributed by atoms with Gasteiger partial charge in [-0.15, -0.1) is 0 Å². The van der Waals surface area contributed by atoms with Gasteiger partial charge in [0, 0.05) is 18.3 Å². The van der Waals surface area contributed by atoms with Crippen LogP contribution < -0.4 is 0 Å². The third-order valence-corrected chi connectivity index (χ3v) is 8.20. The summed E-state index contributed by atoms with van der Waals surface area (Å²) in [5.41, 5.74) is 0.571. The van der Waals surface area contributed by atoms with Crippen LogP contribution in [0.15, 0.2) is 23.8 Å². The van der Waals surface area contributed by atoms with Crippen molar-refractivity contribution in [2.75, 3.05) is 0 Å². The van der Waals surface area contributed by atoms with Crippen LogP contribution in [0.25, 0.3) is 0 Å². The maximum atomic E-state index is 13.2. The van der Waals surface area contributed by atoms with E-state index in [0.717, 1.165) is 12.0 Å². The van der Waals surface area contributed by atoms with E-state index in [1.165, 1.54) is 0 Å². The van der Waals surface area contributed by atoms with Gasteiger partial charge in [-0.05, 0) is 63.4 Å². The fourth-order valence-electron chi connectivity index (χ4n) is 5.80. The van der Waals surface area contributed by atoms with Crippen LogP contribution in [0.3, 0.4) is 0 Å². The number of cyclic esters (lactones) is 1. The molecular formula is C27H42O6. The fourth-order valence-corrected chi connectivity index (χ4v) is 5.80. The molecule has 0 spiro atoms. The molecule has 0 aromatic rings. The summed E-state index contributed by atoms with van der Waals surface area (Å²) in [6, 6.07) is 0. The SMILES string of the molecule is CCC(C)(C)C(=O)O[C@@H]1[C@H]2C(=C[C@H](C)[C@H]1[C@@H](C)O)C=C[C@H](C)[C@@H]2CC[C@@H]1C[C@@H](O)CC(=O)O1. The maximum Gasteiger partial charge on any atom is 0.311 e. The molecule has 1 heterocycles. The standard InChI is InChI=1S/C27H42O6/c1-7-27(5,6)26(31)33-25-23(17(4)28)16(3)12-18-9-8-15(2)21(24(18)25)11-10-20-13-19(29)14-22(30)32-20/h8-9,12,15-17,19-21,23-25,28-29H,7,10-11,13-14H2,1-6H3/t15-,16-,17+,19+,20+,21-,23-,24-,25-/m0/s1. The highest BCUT2D eigenvalue weighted by atomic mass is 16.6. The Bertz CT molecular complexity index is 781. The topological polar surface area (TPSA) is 93.1 Å². The highest BCUT2D eigenvalue weighted by Crippen LogP contribution is 2.48. The molecule has 1 saturated heterocycles. The molecule has 0 aromatic heterocycles. The quantitative estimate of drug-likeness (QED) is 0.551. The zero-order valence-electron chi connectivity index (χ0n) is 21.0. The summed E-state index contributed by atoms with van der Waals surface area (Å²) in [5, 5.41) is 20.7. The van der Waals surface area contributed by atoms with E-state index in [4.69, 9.17) is 9.47 Å². The van der Waals surface area contributed by atoms with Crippen LogP contribution in [0.2, 0.25) is 0 Å². The molecule has 0 bridgehead atoms. The number of ether oxygens (including phenoxy) is 2. The summed E-state index contributed by atoms with van der Waals surface area (Å²) in [7, 11) is 0. The van der Waals surface area contributed by atoms with Crippen molar-refractivity contribution in [1.29, 1.82) is 0 Å². The largest absolute Gasteiger partial charge is 0.462 e. The van der Waals surface area contributed by atoms with Gasteiger partial charge in [0.1, 0.15) is 12.2 Å². The van der Waals surface area contributed by atoms with Gasteiger partial charge < -0.3 is 19.7 Å². The van der Waals surface area contributed by atoms with Gasteiger partial charge in [-0.25, -0.2) is 0 Å². The van der Waals surface area contributed by atoms with Crippen molar-refractivity contribution in [1.82, 2.24) is 0 Å². The van der Waals surface area contributed by atoms with Crippen LogP contribution >= 0.6 is 0 Å². The number of hydrogen-bond acceptors (Lipinski definition) is 6. The summed E-state index contributed by atoms with van der Waals surface area (Å²) in [4.78, 5) is 24.9. The number of aliphatic hydroxyl groups is 2. The average molecular weight is 463 g/mol. The van der Waals surface area contributed by atoms with Crippen molar-refractivity contribution in [3.8, 4) is 0 Å². The number of carbonyl (C=O) groups is 2. The number of rotatable bonds is 7. The van der Waals surface area contributed by atoms with Crippen molar-refractivity contribution in [2.24, 2.45) is 35.0 Å². The Labute approximate surface area is 198 Å². The highest BCUT2D eigenvalue weighted by Gasteiger charge is 2.49. The summed E-state index contributed by atoms with van der Waals surface area (Å²) in [5.74, 6) is -0.279. The van der Waals surface area contributed by atoms with Gasteiger partial charge in [0.2, 0.25) is 0 Å². The predicted molar refractivity (Wildman–Crippen MR) is 126 cm³/mol. The zero-order valence-corrected chi connectivity index (χ0v) is 21.0. The molecule has 1 fully saturated rings. The van der Waals surface area contributed by atoms with Gasteiger partial charge in [0.25, 0.3) is 0 Å². The molecule has 0 saturated carbocycles. The number of allylic oxidation sites excluding steroid dienone is 3. The van der Waals surface area contributed by atoms with Gasteiger partial charge in [-0.3, -0.25) is 9.59 Å². The minimum atomic E-state index is -0.643. The first-order valence-electron chi connectivity index (χ1n) is 12.6. The second kappa shape index (κ2) is 10.3. The lowest BCUT2D eigenvalue weighted by atomic mass is 9.61. The lowest BCUT2D eigenvalue weighted by Gasteiger charge is -2.48. The third kappa shape index (κ3) is 5.71. The summed E-state index contributed by atoms with van der Waals surface area (Å²) in [6.45, 7) is 11.8. The van der Waals surface area contributed by atoms with Crippen LogP contribution in [-0.4, -0.2) is 46.6 Å². The lowest BCUT2D eigenvalue weighted by Crippen LogP contribution is -2.50. The van der Waals surface area contributed by atoms with E-state index in [-0.39, 0.29) is 54.1 Å². The molecule has 3 aliphatic rings. The van der Waals surface area contributed by atoms with Gasteiger partial charge in [0.15, 0.2) is 0 Å². The molecule has 0 radical (unpaired) electrons. The van der Waals surface area contributed by atoms with E-state index in [1.54, 1.807) is 6.92 Å². The molecule has 6 nitrogen and oxygen atoms in total. The van der Waals surface area contributed by atoms with Crippen molar-refractivity contribution in [3.63, 3.8) is 0 Å². The molecule has 6 heteroatoms. The Balaban J connectivity index is 1.89. The van der Waals surface area contributed by atoms with Crippen LogP contribution in [0.5, 0.6) is 0 Å². The smallest absolute Gasteiger partial charge is 0.311 e. The zero-order chi connectivity index (χ0) is 24.5. The van der Waals surface area contributed by atoms with Crippen LogP contribution in [0.4, 0.5) is 0 Å². The van der Waals surface area contributed by atoms with Crippen molar-refractivity contribution in [3.05, 3.63) is 23.8 Å². The first kappa shape index (κ1) is 26.0. The van der Waals surface area contributed by atoms with Crippen LogP contribution in [0, 0.1) is 35.0 Å². The number of fused-ring (bicyclic) bond motifs is 1. The van der Waals surface area contributed by atoms with Gasteiger partial charge in [-0.2, -0.15) is 0 Å². The lowest BCUT2D eigenvalue weighted by molar-refractivity contribution is -0.173. The maximum absolute atomic E-state index is 13.2. The Hall–Kier alpha value is -1.66. The molecule has 3 rings (SSSR count). The Morgan fingerprint density at radius 2 is 1.97 bits per heavy atom. The van der Waals surface area contributed by atoms with E-state index in [2.05, 4.69) is 32.1 Å². The average Bonchev–Trinajstić information content (AvgIpc) is 2.72. The van der Waals surface area contributed by atoms with E-state index < -0.39 is 23.7 Å². The molecule has 0 aromatic carbocycles. The van der Waals surface area contributed by atoms with E-state index >= 15 is 0 Å². The number of carbonyl (C=O) groups excluding carboxylic acids is 2. The van der Waals surface area contributed by atoms with Crippen LogP contribution in [-0.2, 0) is 19.1 Å². The number of esters is 2. The minimum absolute atomic E-state index is 0.0263. The molecule has 2 aliphatic carbocycles. The van der Waals surface area contributed by atoms with Gasteiger partial charge >= 0.3 is 11.9 Å². The van der Waals surface area contributed by atoms with Gasteiger partial charge in [-0.1, -0.05) is 39.0 Å². The first-order chi connectivity index (χ1) is 15.4. The molecule has 33 heavy (non-hydrogen) atoms. The summed E-state index contributed by atoms with van der Waals surface area (Å²) < 4.78 is 11.8. The number of aliphatic hydroxyl groups excluding tert-OH is 2. The normalized spacial score (nSPS) is 37.6. The molecular weight excluding hydrogens is 420 g/mol. The van der Waals surface area contributed by atoms with Crippen molar-refractivity contribution in [2.45, 2.75) is 98.1 Å². The second-order valence-electron chi connectivity index (χ2n) is 11.1. The molecule has 1 aliphatic heterocycles. The monoisotopic (exact) mass is 462 g/mol. The molecule has 0 unspecified atom stereocenters. The van der Waals surface area contributed by atoms with E-state index in [0.29, 0.717) is 19.3 Å². The minimum Gasteiger partial charge on any atom is -0.462 e. The molecule has 2 N–H and O–H groups in total. The number of hydrogen-bond donors (Lipinski definition) is 2. The predicted octanol–water partition coefficient (Wildman–Crippen LogP) is 4.19. The van der Waals surface area contributed by atoms with Gasteiger partial charge in [0.05, 0.1) is 24.0 Å².